The van der Waals surface area contributed by atoms with Gasteiger partial charge in [0.15, 0.2) is 12.4 Å². The largest absolute Gasteiger partial charge is 0.479 e. The molecule has 5 rings (SSSR count). The van der Waals surface area contributed by atoms with Crippen molar-refractivity contribution in [3.63, 3.8) is 0 Å². The third kappa shape index (κ3) is 3.99. The van der Waals surface area contributed by atoms with Crippen molar-refractivity contribution in [2.45, 2.75) is 115 Å². The number of aliphatic hydroxyl groups is 3. The van der Waals surface area contributed by atoms with Crippen LogP contribution in [0.15, 0.2) is 0 Å². The van der Waals surface area contributed by atoms with Gasteiger partial charge in [0.05, 0.1) is 6.10 Å². The van der Waals surface area contributed by atoms with Crippen molar-refractivity contribution in [2.24, 2.45) is 40.4 Å². The number of carbonyl (C=O) groups is 2. The fourth-order valence-corrected chi connectivity index (χ4v) is 9.36. The van der Waals surface area contributed by atoms with Crippen molar-refractivity contribution in [1.82, 2.24) is 0 Å². The molecule has 1 aliphatic heterocycles. The lowest BCUT2D eigenvalue weighted by Gasteiger charge is -2.61. The number of ketones is 1. The van der Waals surface area contributed by atoms with Crippen molar-refractivity contribution < 1.29 is 39.5 Å². The van der Waals surface area contributed by atoms with Gasteiger partial charge in [-0.25, -0.2) is 4.79 Å². The minimum absolute atomic E-state index is 0.150. The molecule has 0 bridgehead atoms. The van der Waals surface area contributed by atoms with E-state index in [9.17, 15) is 30.0 Å². The lowest BCUT2D eigenvalue weighted by atomic mass is 9.44. The van der Waals surface area contributed by atoms with Gasteiger partial charge in [0.2, 0.25) is 0 Å². The summed E-state index contributed by atoms with van der Waals surface area (Å²) < 4.78 is 11.4. The van der Waals surface area contributed by atoms with Crippen LogP contribution in [0, 0.1) is 40.4 Å². The van der Waals surface area contributed by atoms with Crippen LogP contribution in [-0.4, -0.2) is 69.0 Å². The Balaban J connectivity index is 1.26. The van der Waals surface area contributed by atoms with Gasteiger partial charge in [0.1, 0.15) is 24.1 Å². The molecule has 0 unspecified atom stereocenters. The van der Waals surface area contributed by atoms with Crippen molar-refractivity contribution in [1.29, 1.82) is 0 Å². The molecule has 35 heavy (non-hydrogen) atoms. The number of ether oxygens (including phenoxy) is 2. The van der Waals surface area contributed by atoms with Gasteiger partial charge in [0, 0.05) is 5.92 Å². The van der Waals surface area contributed by atoms with Crippen LogP contribution in [0.1, 0.15) is 78.6 Å². The second-order valence-corrected chi connectivity index (χ2v) is 12.7. The van der Waals surface area contributed by atoms with E-state index in [-0.39, 0.29) is 22.9 Å². The molecule has 0 amide bonds. The molecule has 5 aliphatic rings. The van der Waals surface area contributed by atoms with Gasteiger partial charge in [0.25, 0.3) is 0 Å². The van der Waals surface area contributed by atoms with Crippen LogP contribution < -0.4 is 0 Å². The third-order valence-corrected chi connectivity index (χ3v) is 11.2. The van der Waals surface area contributed by atoms with Gasteiger partial charge < -0.3 is 29.9 Å². The topological polar surface area (TPSA) is 134 Å². The highest BCUT2D eigenvalue weighted by Crippen LogP contribution is 2.67. The summed E-state index contributed by atoms with van der Waals surface area (Å²) in [6.45, 7) is 6.59. The maximum atomic E-state index is 12.4. The third-order valence-electron chi connectivity index (χ3n) is 11.2. The Morgan fingerprint density at radius 2 is 1.54 bits per heavy atom. The molecule has 0 aromatic heterocycles. The highest BCUT2D eigenvalue weighted by atomic mass is 16.7. The highest BCUT2D eigenvalue weighted by molar-refractivity contribution is 5.79. The smallest absolute Gasteiger partial charge is 0.335 e. The Morgan fingerprint density at radius 1 is 0.857 bits per heavy atom. The Kier molecular flexibility index (Phi) is 6.61. The molecule has 0 spiro atoms. The zero-order valence-corrected chi connectivity index (χ0v) is 21.1. The van der Waals surface area contributed by atoms with Gasteiger partial charge in [-0.2, -0.15) is 0 Å². The van der Waals surface area contributed by atoms with Crippen LogP contribution in [0.2, 0.25) is 0 Å². The molecule has 5 fully saturated rings. The monoisotopic (exact) mass is 494 g/mol. The molecule has 8 heteroatoms. The van der Waals surface area contributed by atoms with E-state index in [0.717, 1.165) is 38.5 Å². The predicted octanol–water partition coefficient (Wildman–Crippen LogP) is 2.51. The lowest BCUT2D eigenvalue weighted by Crippen LogP contribution is -2.61. The van der Waals surface area contributed by atoms with Crippen molar-refractivity contribution in [3.05, 3.63) is 0 Å². The molecule has 0 radical (unpaired) electrons. The Hall–Kier alpha value is -1.06. The summed E-state index contributed by atoms with van der Waals surface area (Å²) in [6, 6.07) is 0. The zero-order chi connectivity index (χ0) is 25.3. The Bertz CT molecular complexity index is 847. The van der Waals surface area contributed by atoms with Gasteiger partial charge in [-0.15, -0.1) is 0 Å². The Labute approximate surface area is 207 Å². The SMILES string of the molecule is CC(=O)[C@H]1CC[C@H]2[C@@H]3CC[C@H]4C[C@H](O[C@@H]5O[C@H](C(=O)O)[C@@H](O)[C@H](O)[C@H]5O)CC[C@]4(C)[C@H]3CC[C@]12C. The number of aliphatic hydroxyl groups excluding tert-OH is 3. The summed E-state index contributed by atoms with van der Waals surface area (Å²) in [7, 11) is 0. The summed E-state index contributed by atoms with van der Waals surface area (Å²) in [5.41, 5.74) is 0.362. The maximum absolute atomic E-state index is 12.4. The van der Waals surface area contributed by atoms with E-state index in [4.69, 9.17) is 9.47 Å². The molecular formula is C27H42O8. The molecule has 4 N–H and O–H groups in total. The van der Waals surface area contributed by atoms with Crippen molar-refractivity contribution in [3.8, 4) is 0 Å². The fraction of sp³-hybridized carbons (Fsp3) is 0.926. The number of carboxylic acid groups (broad SMARTS) is 1. The van der Waals surface area contributed by atoms with Crippen LogP contribution >= 0.6 is 0 Å². The standard InChI is InChI=1S/C27H42O8/c1-13(28)17-6-7-18-16-5-4-14-12-15(8-10-26(14,2)19(16)9-11-27(17,18)3)34-25-22(31)20(29)21(30)23(35-25)24(32)33/h14-23,25,29-31H,4-12H2,1-3H3,(H,32,33)/t14-,15+,16-,17+,18-,19-,20-,21-,22+,23-,25+,26-,27+/m0/s1. The van der Waals surface area contributed by atoms with E-state index in [1.807, 2.05) is 0 Å². The highest BCUT2D eigenvalue weighted by Gasteiger charge is 2.61. The van der Waals surface area contributed by atoms with Crippen molar-refractivity contribution >= 4 is 11.8 Å². The number of hydrogen-bond donors (Lipinski definition) is 4. The summed E-state index contributed by atoms with van der Waals surface area (Å²) in [4.78, 5) is 23.8. The number of Topliss-reactive ketones (excluding diaryl/α,β-unsaturated/α-hetero) is 1. The first kappa shape index (κ1) is 25.6. The van der Waals surface area contributed by atoms with Gasteiger partial charge in [-0.3, -0.25) is 4.79 Å². The van der Waals surface area contributed by atoms with Crippen LogP contribution in [0.3, 0.4) is 0 Å². The number of aliphatic carboxylic acids is 1. The summed E-state index contributed by atoms with van der Waals surface area (Å²) in [5.74, 6) is 1.62. The van der Waals surface area contributed by atoms with E-state index >= 15 is 0 Å². The van der Waals surface area contributed by atoms with Crippen LogP contribution in [0.5, 0.6) is 0 Å². The van der Waals surface area contributed by atoms with E-state index in [0.29, 0.717) is 29.5 Å². The molecule has 0 aromatic rings. The first-order valence-corrected chi connectivity index (χ1v) is 13.6. The molecule has 4 aliphatic carbocycles. The molecular weight excluding hydrogens is 452 g/mol. The molecule has 8 nitrogen and oxygen atoms in total. The van der Waals surface area contributed by atoms with Crippen molar-refractivity contribution in [2.75, 3.05) is 0 Å². The van der Waals surface area contributed by atoms with E-state index < -0.39 is 36.7 Å². The number of carbonyl (C=O) groups excluding carboxylic acids is 1. The number of carboxylic acids is 1. The predicted molar refractivity (Wildman–Crippen MR) is 125 cm³/mol. The minimum atomic E-state index is -1.71. The van der Waals surface area contributed by atoms with E-state index in [1.54, 1.807) is 6.92 Å². The second-order valence-electron chi connectivity index (χ2n) is 12.7. The first-order valence-electron chi connectivity index (χ1n) is 13.6. The molecule has 1 heterocycles. The average Bonchev–Trinajstić information content (AvgIpc) is 3.17. The number of hydrogen-bond acceptors (Lipinski definition) is 7. The maximum Gasteiger partial charge on any atom is 0.335 e. The minimum Gasteiger partial charge on any atom is -0.479 e. The lowest BCUT2D eigenvalue weighted by molar-refractivity contribution is -0.309. The fourth-order valence-electron chi connectivity index (χ4n) is 9.36. The molecule has 1 saturated heterocycles. The number of rotatable bonds is 4. The molecule has 0 aromatic carbocycles. The zero-order valence-electron chi connectivity index (χ0n) is 21.1. The molecule has 198 valence electrons. The van der Waals surface area contributed by atoms with E-state index in [2.05, 4.69) is 13.8 Å². The van der Waals surface area contributed by atoms with Gasteiger partial charge in [-0.05, 0) is 99.2 Å². The summed E-state index contributed by atoms with van der Waals surface area (Å²) >= 11 is 0. The van der Waals surface area contributed by atoms with Gasteiger partial charge >= 0.3 is 5.97 Å². The van der Waals surface area contributed by atoms with E-state index in [1.165, 1.54) is 19.3 Å². The first-order chi connectivity index (χ1) is 16.5. The second kappa shape index (κ2) is 9.05. The van der Waals surface area contributed by atoms with Gasteiger partial charge in [-0.1, -0.05) is 13.8 Å². The number of fused-ring (bicyclic) bond motifs is 5. The summed E-state index contributed by atoms with van der Waals surface area (Å²) in [6.07, 6.45) is 1.46. The average molecular weight is 495 g/mol. The molecule has 4 saturated carbocycles. The van der Waals surface area contributed by atoms with Crippen LogP contribution in [0.4, 0.5) is 0 Å². The quantitative estimate of drug-likeness (QED) is 0.438. The van der Waals surface area contributed by atoms with Crippen LogP contribution in [0.25, 0.3) is 0 Å². The molecule has 13 atom stereocenters. The van der Waals surface area contributed by atoms with Crippen LogP contribution in [-0.2, 0) is 19.1 Å². The normalized spacial score (nSPS) is 53.8. The Morgan fingerprint density at radius 3 is 2.23 bits per heavy atom. The summed E-state index contributed by atoms with van der Waals surface area (Å²) in [5, 5.41) is 39.7.